The van der Waals surface area contributed by atoms with Crippen molar-refractivity contribution < 1.29 is 18.8 Å². The van der Waals surface area contributed by atoms with Gasteiger partial charge in [-0.1, -0.05) is 16.5 Å². The zero-order chi connectivity index (χ0) is 19.6. The van der Waals surface area contributed by atoms with Gasteiger partial charge in [0.25, 0.3) is 0 Å². The number of aromatic nitrogens is 1. The average Bonchev–Trinajstić information content (AvgIpc) is 3.11. The molecule has 0 saturated carbocycles. The maximum absolute atomic E-state index is 12.6. The molecule has 2 aromatic rings. The molecule has 1 aliphatic rings. The Morgan fingerprint density at radius 2 is 2.19 bits per heavy atom. The molecule has 1 aliphatic heterocycles. The predicted molar refractivity (Wildman–Crippen MR) is 107 cm³/mol. The summed E-state index contributed by atoms with van der Waals surface area (Å²) in [6, 6.07) is 7.55. The molecule has 1 unspecified atom stereocenters. The third-order valence-electron chi connectivity index (χ3n) is 3.84. The summed E-state index contributed by atoms with van der Waals surface area (Å²) in [5.41, 5.74) is 1.84. The number of thiazole rings is 1. The van der Waals surface area contributed by atoms with Crippen LogP contribution in [0.5, 0.6) is 5.75 Å². The second-order valence-electron chi connectivity index (χ2n) is 7.00. The number of nitrogens with zero attached hydrogens (tertiary/aromatic N) is 2. The van der Waals surface area contributed by atoms with Gasteiger partial charge < -0.3 is 14.0 Å². The van der Waals surface area contributed by atoms with Gasteiger partial charge in [-0.15, -0.1) is 11.3 Å². The highest BCUT2D eigenvalue weighted by atomic mass is 32.2. The van der Waals surface area contributed by atoms with E-state index in [0.717, 1.165) is 11.3 Å². The fraction of sp³-hybridized carbons (Fsp3) is 0.421. The van der Waals surface area contributed by atoms with Crippen LogP contribution in [0.1, 0.15) is 61.3 Å². The molecular formula is C19H22N2O4S2. The van der Waals surface area contributed by atoms with Gasteiger partial charge in [-0.3, -0.25) is 0 Å². The summed E-state index contributed by atoms with van der Waals surface area (Å²) in [5, 5.41) is 2.34. The zero-order valence-electron chi connectivity index (χ0n) is 15.7. The van der Waals surface area contributed by atoms with Crippen molar-refractivity contribution in [3.05, 3.63) is 45.9 Å². The van der Waals surface area contributed by atoms with Crippen LogP contribution < -0.4 is 4.74 Å². The average molecular weight is 407 g/mol. The van der Waals surface area contributed by atoms with E-state index >= 15 is 0 Å². The minimum absolute atomic E-state index is 0.274. The normalized spacial score (nSPS) is 19.3. The van der Waals surface area contributed by atoms with Gasteiger partial charge in [0, 0.05) is 17.4 Å². The van der Waals surface area contributed by atoms with E-state index in [-0.39, 0.29) is 11.8 Å². The highest BCUT2D eigenvalue weighted by Crippen LogP contribution is 2.37. The van der Waals surface area contributed by atoms with Crippen molar-refractivity contribution in [2.45, 2.75) is 45.0 Å². The van der Waals surface area contributed by atoms with Crippen LogP contribution >= 0.6 is 11.3 Å². The minimum Gasteiger partial charge on any atom is -0.591 e. The Balaban J connectivity index is 1.92. The number of hydrogen-bond acceptors (Lipinski definition) is 7. The van der Waals surface area contributed by atoms with Crippen molar-refractivity contribution in [1.29, 1.82) is 0 Å². The molecule has 2 heterocycles. The lowest BCUT2D eigenvalue weighted by molar-refractivity contribution is 0.0519. The Morgan fingerprint density at radius 1 is 1.44 bits per heavy atom. The van der Waals surface area contributed by atoms with E-state index in [1.165, 1.54) is 11.3 Å². The molecule has 3 rings (SSSR count). The topological polar surface area (TPSA) is 83.8 Å². The number of benzene rings is 1. The summed E-state index contributed by atoms with van der Waals surface area (Å²) in [7, 11) is 0. The van der Waals surface area contributed by atoms with E-state index in [1.54, 1.807) is 12.3 Å². The molecule has 0 aliphatic carbocycles. The van der Waals surface area contributed by atoms with Crippen LogP contribution in [-0.4, -0.2) is 32.6 Å². The summed E-state index contributed by atoms with van der Waals surface area (Å²) in [4.78, 5) is 16.3. The molecule has 0 saturated heterocycles. The van der Waals surface area contributed by atoms with E-state index in [1.807, 2.05) is 45.0 Å². The van der Waals surface area contributed by atoms with Crippen molar-refractivity contribution in [3.63, 3.8) is 0 Å². The van der Waals surface area contributed by atoms with E-state index in [4.69, 9.17) is 9.47 Å². The highest BCUT2D eigenvalue weighted by molar-refractivity contribution is 7.91. The van der Waals surface area contributed by atoms with Gasteiger partial charge in [-0.05, 0) is 39.8 Å². The van der Waals surface area contributed by atoms with Crippen LogP contribution in [0, 0.1) is 0 Å². The van der Waals surface area contributed by atoms with Crippen LogP contribution in [0.25, 0.3) is 0 Å². The quantitative estimate of drug-likeness (QED) is 0.564. The summed E-state index contributed by atoms with van der Waals surface area (Å²) >= 11 is -0.0334. The Bertz CT molecular complexity index is 857. The van der Waals surface area contributed by atoms with E-state index in [9.17, 15) is 9.35 Å². The van der Waals surface area contributed by atoms with Crippen LogP contribution in [0.2, 0.25) is 0 Å². The van der Waals surface area contributed by atoms with Gasteiger partial charge in [-0.25, -0.2) is 9.78 Å². The Labute approximate surface area is 166 Å². The zero-order valence-corrected chi connectivity index (χ0v) is 17.4. The lowest BCUT2D eigenvalue weighted by Crippen LogP contribution is -2.29. The van der Waals surface area contributed by atoms with Crippen LogP contribution in [0.4, 0.5) is 0 Å². The van der Waals surface area contributed by atoms with Crippen molar-refractivity contribution in [3.8, 4) is 5.75 Å². The van der Waals surface area contributed by atoms with Gasteiger partial charge in [0.05, 0.1) is 6.61 Å². The minimum atomic E-state index is -1.38. The predicted octanol–water partition coefficient (Wildman–Crippen LogP) is 4.09. The van der Waals surface area contributed by atoms with E-state index in [2.05, 4.69) is 9.38 Å². The Hall–Kier alpha value is -1.90. The first-order valence-electron chi connectivity index (χ1n) is 8.67. The second kappa shape index (κ2) is 8.00. The summed E-state index contributed by atoms with van der Waals surface area (Å²) in [6.07, 6.45) is 0.0537. The van der Waals surface area contributed by atoms with Crippen LogP contribution in [0.15, 0.2) is 34.0 Å². The van der Waals surface area contributed by atoms with Crippen LogP contribution in [0.3, 0.4) is 0 Å². The molecule has 2 atom stereocenters. The molecule has 0 spiro atoms. The van der Waals surface area contributed by atoms with Gasteiger partial charge in [0.1, 0.15) is 32.6 Å². The number of ether oxygens (including phenoxy) is 2. The van der Waals surface area contributed by atoms with Crippen LogP contribution in [-0.2, 0) is 16.1 Å². The van der Waals surface area contributed by atoms with Gasteiger partial charge >= 0.3 is 5.97 Å². The molecule has 8 heteroatoms. The van der Waals surface area contributed by atoms with E-state index < -0.39 is 22.1 Å². The monoisotopic (exact) mass is 406 g/mol. The summed E-state index contributed by atoms with van der Waals surface area (Å²) in [6.45, 7) is 7.73. The number of esters is 1. The maximum Gasteiger partial charge on any atom is 0.357 e. The smallest absolute Gasteiger partial charge is 0.357 e. The molecule has 0 fully saturated rings. The van der Waals surface area contributed by atoms with Crippen molar-refractivity contribution in [2.24, 2.45) is 4.40 Å². The SMILES string of the molecule is CCOC(=O)c1csc([C@H]2CC(=N[S+]([O-])C(C)(C)C)c3ccccc3O2)n1. The first-order valence-corrected chi connectivity index (χ1v) is 10.7. The first-order chi connectivity index (χ1) is 12.8. The third kappa shape index (κ3) is 4.51. The van der Waals surface area contributed by atoms with Gasteiger partial charge in [0.15, 0.2) is 11.8 Å². The molecule has 0 radical (unpaired) electrons. The molecule has 27 heavy (non-hydrogen) atoms. The van der Waals surface area contributed by atoms with Crippen molar-refractivity contribution in [2.75, 3.05) is 6.61 Å². The molecule has 0 N–H and O–H groups in total. The molecule has 0 bridgehead atoms. The Kier molecular flexibility index (Phi) is 5.88. The van der Waals surface area contributed by atoms with Crippen molar-refractivity contribution >= 4 is 34.4 Å². The molecule has 1 aromatic carbocycles. The number of rotatable bonds is 4. The molecular weight excluding hydrogens is 384 g/mol. The largest absolute Gasteiger partial charge is 0.591 e. The summed E-state index contributed by atoms with van der Waals surface area (Å²) < 4.78 is 27.7. The standard InChI is InChI=1S/C19H22N2O4S2/c1-5-24-18(22)14-11-26-17(20-14)16-10-13(21-27(23)19(2,3)4)12-8-6-7-9-15(12)25-16/h6-9,11,16H,5,10H2,1-4H3/t16-,27?/m1/s1. The number of carbonyl (C=O) groups is 1. The number of hydrogen-bond donors (Lipinski definition) is 0. The molecule has 0 amide bonds. The lowest BCUT2D eigenvalue weighted by Gasteiger charge is -2.26. The summed E-state index contributed by atoms with van der Waals surface area (Å²) in [5.74, 6) is 0.227. The van der Waals surface area contributed by atoms with Gasteiger partial charge in [0.2, 0.25) is 0 Å². The fourth-order valence-electron chi connectivity index (χ4n) is 2.48. The third-order valence-corrected chi connectivity index (χ3v) is 6.22. The fourth-order valence-corrected chi connectivity index (χ4v) is 3.95. The molecule has 144 valence electrons. The molecule has 1 aromatic heterocycles. The van der Waals surface area contributed by atoms with Crippen molar-refractivity contribution in [1.82, 2.24) is 4.98 Å². The Morgan fingerprint density at radius 3 is 2.89 bits per heavy atom. The number of para-hydroxylation sites is 1. The van der Waals surface area contributed by atoms with E-state index in [0.29, 0.717) is 23.8 Å². The molecule has 6 nitrogen and oxygen atoms in total. The number of carbonyl (C=O) groups excluding carboxylic acids is 1. The second-order valence-corrected chi connectivity index (χ2v) is 9.79. The maximum atomic E-state index is 12.6. The lowest BCUT2D eigenvalue weighted by atomic mass is 10.0. The first kappa shape index (κ1) is 19.9. The van der Waals surface area contributed by atoms with Gasteiger partial charge in [-0.2, -0.15) is 0 Å². The highest BCUT2D eigenvalue weighted by Gasteiger charge is 2.33. The number of fused-ring (bicyclic) bond motifs is 1.